The summed E-state index contributed by atoms with van der Waals surface area (Å²) >= 11 is 0. The molecule has 114 valence electrons. The summed E-state index contributed by atoms with van der Waals surface area (Å²) in [7, 11) is 0. The van der Waals surface area contributed by atoms with Gasteiger partial charge in [-0.2, -0.15) is 0 Å². The zero-order chi connectivity index (χ0) is 13.8. The van der Waals surface area contributed by atoms with Crippen LogP contribution in [0.2, 0.25) is 0 Å². The monoisotopic (exact) mass is 278 g/mol. The molecule has 2 saturated heterocycles. The molecule has 4 rings (SSSR count). The molecule has 4 atom stereocenters. The lowest BCUT2D eigenvalue weighted by Crippen LogP contribution is -2.39. The SMILES string of the molecule is CCC1OC(CC)C2C1C1(CCCC1)OC21CCCC1. The van der Waals surface area contributed by atoms with E-state index in [4.69, 9.17) is 9.47 Å². The maximum Gasteiger partial charge on any atom is 0.0747 e. The van der Waals surface area contributed by atoms with E-state index in [2.05, 4.69) is 13.8 Å². The molecule has 4 unspecified atom stereocenters. The van der Waals surface area contributed by atoms with Crippen molar-refractivity contribution in [1.29, 1.82) is 0 Å². The molecule has 2 heterocycles. The molecule has 0 N–H and O–H groups in total. The standard InChI is InChI=1S/C18H30O2/c1-3-13-15-16(14(4-2)19-13)18(11-7-8-12-18)20-17(15)9-5-6-10-17/h13-16H,3-12H2,1-2H3. The van der Waals surface area contributed by atoms with Crippen molar-refractivity contribution in [2.24, 2.45) is 11.8 Å². The molecule has 2 spiro atoms. The summed E-state index contributed by atoms with van der Waals surface area (Å²) in [5, 5.41) is 0. The Morgan fingerprint density at radius 1 is 0.750 bits per heavy atom. The third-order valence-corrected chi connectivity index (χ3v) is 6.86. The molecule has 0 aromatic carbocycles. The van der Waals surface area contributed by atoms with E-state index in [1.165, 1.54) is 64.2 Å². The number of ether oxygens (including phenoxy) is 2. The molecule has 2 nitrogen and oxygen atoms in total. The smallest absolute Gasteiger partial charge is 0.0747 e. The molecule has 0 aromatic rings. The van der Waals surface area contributed by atoms with Gasteiger partial charge in [0.25, 0.3) is 0 Å². The molecule has 20 heavy (non-hydrogen) atoms. The van der Waals surface area contributed by atoms with Crippen LogP contribution in [0.5, 0.6) is 0 Å². The van der Waals surface area contributed by atoms with Gasteiger partial charge >= 0.3 is 0 Å². The van der Waals surface area contributed by atoms with Gasteiger partial charge in [0.05, 0.1) is 23.4 Å². The summed E-state index contributed by atoms with van der Waals surface area (Å²) in [6.07, 6.45) is 13.9. The Hall–Kier alpha value is -0.0800. The second-order valence-corrected chi connectivity index (χ2v) is 7.73. The second-order valence-electron chi connectivity index (χ2n) is 7.73. The van der Waals surface area contributed by atoms with Crippen molar-refractivity contribution in [3.63, 3.8) is 0 Å². The largest absolute Gasteiger partial charge is 0.374 e. The summed E-state index contributed by atoms with van der Waals surface area (Å²) < 4.78 is 13.5. The highest BCUT2D eigenvalue weighted by Gasteiger charge is 2.69. The maximum absolute atomic E-state index is 7.01. The summed E-state index contributed by atoms with van der Waals surface area (Å²) in [6, 6.07) is 0. The quantitative estimate of drug-likeness (QED) is 0.742. The zero-order valence-electron chi connectivity index (χ0n) is 13.2. The lowest BCUT2D eigenvalue weighted by Gasteiger charge is -2.36. The van der Waals surface area contributed by atoms with Gasteiger partial charge in [0.2, 0.25) is 0 Å². The first-order valence-electron chi connectivity index (χ1n) is 9.10. The Balaban J connectivity index is 1.75. The minimum atomic E-state index is 0.194. The molecule has 2 aliphatic carbocycles. The van der Waals surface area contributed by atoms with Gasteiger partial charge in [0.1, 0.15) is 0 Å². The minimum absolute atomic E-state index is 0.194. The molecule has 4 aliphatic rings. The highest BCUT2D eigenvalue weighted by molar-refractivity contribution is 5.17. The van der Waals surface area contributed by atoms with Crippen molar-refractivity contribution in [3.05, 3.63) is 0 Å². The van der Waals surface area contributed by atoms with Gasteiger partial charge in [0, 0.05) is 11.8 Å². The van der Waals surface area contributed by atoms with Crippen LogP contribution in [-0.4, -0.2) is 23.4 Å². The third-order valence-electron chi connectivity index (χ3n) is 6.86. The molecular formula is C18H30O2. The van der Waals surface area contributed by atoms with E-state index in [1.54, 1.807) is 0 Å². The normalized spacial score (nSPS) is 44.7. The highest BCUT2D eigenvalue weighted by atomic mass is 16.6. The van der Waals surface area contributed by atoms with Crippen molar-refractivity contribution in [3.8, 4) is 0 Å². The van der Waals surface area contributed by atoms with Crippen molar-refractivity contribution in [2.75, 3.05) is 0 Å². The topological polar surface area (TPSA) is 18.5 Å². The van der Waals surface area contributed by atoms with Crippen LogP contribution in [0.3, 0.4) is 0 Å². The molecule has 0 radical (unpaired) electrons. The molecule has 0 amide bonds. The first kappa shape index (κ1) is 13.6. The molecule has 0 aromatic heterocycles. The van der Waals surface area contributed by atoms with Crippen molar-refractivity contribution >= 4 is 0 Å². The van der Waals surface area contributed by atoms with Crippen LogP contribution in [0, 0.1) is 11.8 Å². The maximum atomic E-state index is 7.01. The minimum Gasteiger partial charge on any atom is -0.374 e. The van der Waals surface area contributed by atoms with Crippen LogP contribution in [0.1, 0.15) is 78.1 Å². The number of hydrogen-bond acceptors (Lipinski definition) is 2. The van der Waals surface area contributed by atoms with E-state index in [0.717, 1.165) is 0 Å². The first-order valence-corrected chi connectivity index (χ1v) is 9.10. The fourth-order valence-electron chi connectivity index (χ4n) is 6.25. The van der Waals surface area contributed by atoms with Crippen molar-refractivity contribution < 1.29 is 9.47 Å². The number of fused-ring (bicyclic) bond motifs is 3. The summed E-state index contributed by atoms with van der Waals surface area (Å²) in [4.78, 5) is 0. The Kier molecular flexibility index (Phi) is 3.20. The average Bonchev–Trinajstić information content (AvgIpc) is 3.19. The average molecular weight is 278 g/mol. The van der Waals surface area contributed by atoms with Crippen molar-refractivity contribution in [2.45, 2.75) is 101 Å². The van der Waals surface area contributed by atoms with E-state index in [1.807, 2.05) is 0 Å². The molecule has 2 aliphatic heterocycles. The van der Waals surface area contributed by atoms with Gasteiger partial charge in [0.15, 0.2) is 0 Å². The summed E-state index contributed by atoms with van der Waals surface area (Å²) in [5.41, 5.74) is 0.388. The van der Waals surface area contributed by atoms with Crippen LogP contribution >= 0.6 is 0 Å². The molecule has 4 fully saturated rings. The van der Waals surface area contributed by atoms with Crippen molar-refractivity contribution in [1.82, 2.24) is 0 Å². The van der Waals surface area contributed by atoms with Crippen LogP contribution < -0.4 is 0 Å². The number of rotatable bonds is 2. The van der Waals surface area contributed by atoms with E-state index < -0.39 is 0 Å². The van der Waals surface area contributed by atoms with E-state index in [9.17, 15) is 0 Å². The van der Waals surface area contributed by atoms with Crippen LogP contribution in [0.25, 0.3) is 0 Å². The molecule has 2 heteroatoms. The van der Waals surface area contributed by atoms with Gasteiger partial charge in [-0.25, -0.2) is 0 Å². The zero-order valence-corrected chi connectivity index (χ0v) is 13.2. The molecular weight excluding hydrogens is 248 g/mol. The van der Waals surface area contributed by atoms with Gasteiger partial charge in [-0.1, -0.05) is 39.5 Å². The van der Waals surface area contributed by atoms with E-state index >= 15 is 0 Å². The lowest BCUT2D eigenvalue weighted by molar-refractivity contribution is -0.149. The Morgan fingerprint density at radius 2 is 1.15 bits per heavy atom. The van der Waals surface area contributed by atoms with Gasteiger partial charge in [-0.15, -0.1) is 0 Å². The van der Waals surface area contributed by atoms with Crippen LogP contribution in [-0.2, 0) is 9.47 Å². The van der Waals surface area contributed by atoms with Gasteiger partial charge < -0.3 is 9.47 Å². The highest BCUT2D eigenvalue weighted by Crippen LogP contribution is 2.64. The Bertz CT molecular complexity index is 332. The van der Waals surface area contributed by atoms with Crippen LogP contribution in [0.15, 0.2) is 0 Å². The predicted octanol–water partition coefficient (Wildman–Crippen LogP) is 4.46. The predicted molar refractivity (Wildman–Crippen MR) is 79.7 cm³/mol. The number of hydrogen-bond donors (Lipinski definition) is 0. The fraction of sp³-hybridized carbons (Fsp3) is 1.00. The fourth-order valence-corrected chi connectivity index (χ4v) is 6.25. The lowest BCUT2D eigenvalue weighted by atomic mass is 9.70. The first-order chi connectivity index (χ1) is 9.75. The molecule has 0 bridgehead atoms. The summed E-state index contributed by atoms with van der Waals surface area (Å²) in [6.45, 7) is 4.62. The Morgan fingerprint density at radius 3 is 1.50 bits per heavy atom. The third kappa shape index (κ3) is 1.64. The van der Waals surface area contributed by atoms with Gasteiger partial charge in [-0.05, 0) is 38.5 Å². The second kappa shape index (κ2) is 4.71. The van der Waals surface area contributed by atoms with E-state index in [0.29, 0.717) is 24.0 Å². The summed E-state index contributed by atoms with van der Waals surface area (Å²) in [5.74, 6) is 1.39. The Labute approximate surface area is 123 Å². The van der Waals surface area contributed by atoms with E-state index in [-0.39, 0.29) is 11.2 Å². The van der Waals surface area contributed by atoms with Crippen LogP contribution in [0.4, 0.5) is 0 Å². The molecule has 2 saturated carbocycles. The van der Waals surface area contributed by atoms with Gasteiger partial charge in [-0.3, -0.25) is 0 Å².